The fourth-order valence-electron chi connectivity index (χ4n) is 3.00. The molecule has 1 aromatic carbocycles. The normalized spacial score (nSPS) is 11.1. The lowest BCUT2D eigenvalue weighted by atomic mass is 10.1. The van der Waals surface area contributed by atoms with Gasteiger partial charge in [0.15, 0.2) is 27.4 Å². The van der Waals surface area contributed by atoms with Crippen LogP contribution in [0.2, 0.25) is 0 Å². The van der Waals surface area contributed by atoms with Crippen LogP contribution in [-0.2, 0) is 12.8 Å². The Hall–Kier alpha value is -3.05. The highest BCUT2D eigenvalue weighted by atomic mass is 32.2. The lowest BCUT2D eigenvalue weighted by molar-refractivity contribution is 0.324. The lowest BCUT2D eigenvalue weighted by Gasteiger charge is -2.14. The highest BCUT2D eigenvalue weighted by molar-refractivity contribution is 7.98. The van der Waals surface area contributed by atoms with Crippen molar-refractivity contribution in [2.45, 2.75) is 10.9 Å². The number of rotatable bonds is 7. The van der Waals surface area contributed by atoms with Gasteiger partial charge < -0.3 is 18.8 Å². The first kappa shape index (κ1) is 20.2. The standard InChI is InChI=1S/C19H19N5O4S2/c1-23-17(11-7-13(26-2)16(28-4)14(8-11)27-3)21-22-19(23)30-10-12-9-15(25)24-5-6-29-18(24)20-12/h5-9H,10H2,1-4H3. The van der Waals surface area contributed by atoms with Crippen LogP contribution >= 0.6 is 23.1 Å². The summed E-state index contributed by atoms with van der Waals surface area (Å²) in [5, 5.41) is 11.2. The number of ether oxygens (including phenoxy) is 3. The monoisotopic (exact) mass is 445 g/mol. The molecule has 0 aliphatic heterocycles. The predicted molar refractivity (Wildman–Crippen MR) is 115 cm³/mol. The third-order valence-electron chi connectivity index (χ3n) is 4.46. The highest BCUT2D eigenvalue weighted by Gasteiger charge is 2.18. The van der Waals surface area contributed by atoms with Crippen molar-refractivity contribution in [1.29, 1.82) is 0 Å². The fraction of sp³-hybridized carbons (Fsp3) is 0.263. The first-order valence-corrected chi connectivity index (χ1v) is 10.7. The molecule has 3 aromatic heterocycles. The number of thiazole rings is 1. The molecule has 0 saturated heterocycles. The Balaban J connectivity index is 1.61. The molecule has 156 valence electrons. The van der Waals surface area contributed by atoms with Crippen LogP contribution in [0.5, 0.6) is 17.2 Å². The molecule has 0 unspecified atom stereocenters. The Labute approximate surface area is 180 Å². The first-order chi connectivity index (χ1) is 14.5. The van der Waals surface area contributed by atoms with Crippen LogP contribution in [-0.4, -0.2) is 45.5 Å². The van der Waals surface area contributed by atoms with Crippen molar-refractivity contribution in [2.75, 3.05) is 21.3 Å². The van der Waals surface area contributed by atoms with Gasteiger partial charge in [0.2, 0.25) is 5.75 Å². The summed E-state index contributed by atoms with van der Waals surface area (Å²) >= 11 is 2.89. The molecule has 0 bridgehead atoms. The molecular weight excluding hydrogens is 426 g/mol. The summed E-state index contributed by atoms with van der Waals surface area (Å²) in [6.45, 7) is 0. The van der Waals surface area contributed by atoms with E-state index in [9.17, 15) is 4.79 Å². The van der Waals surface area contributed by atoms with Gasteiger partial charge in [0, 0.05) is 36.0 Å². The Morgan fingerprint density at radius 1 is 1.07 bits per heavy atom. The van der Waals surface area contributed by atoms with Gasteiger partial charge >= 0.3 is 0 Å². The van der Waals surface area contributed by atoms with Gasteiger partial charge in [0.1, 0.15) is 0 Å². The molecule has 0 radical (unpaired) electrons. The zero-order valence-corrected chi connectivity index (χ0v) is 18.4. The van der Waals surface area contributed by atoms with Crippen molar-refractivity contribution in [3.8, 4) is 28.6 Å². The first-order valence-electron chi connectivity index (χ1n) is 8.84. The predicted octanol–water partition coefficient (Wildman–Crippen LogP) is 2.87. The molecule has 4 rings (SSSR count). The quantitative estimate of drug-likeness (QED) is 0.401. The third kappa shape index (κ3) is 3.61. The van der Waals surface area contributed by atoms with Gasteiger partial charge in [0.05, 0.1) is 27.0 Å². The second kappa shape index (κ2) is 8.36. The maximum absolute atomic E-state index is 12.2. The number of nitrogens with zero attached hydrogens (tertiary/aromatic N) is 5. The van der Waals surface area contributed by atoms with Crippen molar-refractivity contribution in [2.24, 2.45) is 7.05 Å². The second-order valence-electron chi connectivity index (χ2n) is 6.21. The minimum absolute atomic E-state index is 0.0899. The maximum Gasteiger partial charge on any atom is 0.258 e. The number of benzene rings is 1. The molecule has 0 spiro atoms. The molecular formula is C19H19N5O4S2. The van der Waals surface area contributed by atoms with Crippen LogP contribution in [0.1, 0.15) is 5.69 Å². The Morgan fingerprint density at radius 2 is 1.80 bits per heavy atom. The summed E-state index contributed by atoms with van der Waals surface area (Å²) < 4.78 is 19.6. The van der Waals surface area contributed by atoms with Crippen LogP contribution in [0, 0.1) is 0 Å². The van der Waals surface area contributed by atoms with Gasteiger partial charge in [-0.05, 0) is 12.1 Å². The van der Waals surface area contributed by atoms with E-state index in [-0.39, 0.29) is 5.56 Å². The van der Waals surface area contributed by atoms with Crippen molar-refractivity contribution >= 4 is 28.1 Å². The summed E-state index contributed by atoms with van der Waals surface area (Å²) in [6.07, 6.45) is 1.72. The van der Waals surface area contributed by atoms with E-state index in [2.05, 4.69) is 15.2 Å². The molecule has 0 aliphatic rings. The summed E-state index contributed by atoms with van der Waals surface area (Å²) in [5.41, 5.74) is 1.39. The van der Waals surface area contributed by atoms with Crippen LogP contribution in [0.15, 0.2) is 39.7 Å². The van der Waals surface area contributed by atoms with E-state index in [1.807, 2.05) is 29.1 Å². The van der Waals surface area contributed by atoms with Crippen LogP contribution in [0.25, 0.3) is 16.3 Å². The van der Waals surface area contributed by atoms with Crippen molar-refractivity contribution in [1.82, 2.24) is 24.1 Å². The zero-order chi connectivity index (χ0) is 21.3. The van der Waals surface area contributed by atoms with Gasteiger partial charge in [-0.2, -0.15) is 0 Å². The van der Waals surface area contributed by atoms with E-state index in [0.717, 1.165) is 5.56 Å². The lowest BCUT2D eigenvalue weighted by Crippen LogP contribution is -2.12. The summed E-state index contributed by atoms with van der Waals surface area (Å²) in [6, 6.07) is 5.20. The molecule has 30 heavy (non-hydrogen) atoms. The Kier molecular flexibility index (Phi) is 5.64. The average Bonchev–Trinajstić information content (AvgIpc) is 3.38. The van der Waals surface area contributed by atoms with Crippen molar-refractivity contribution in [3.05, 3.63) is 45.8 Å². The fourth-order valence-corrected chi connectivity index (χ4v) is 4.54. The Morgan fingerprint density at radius 3 is 2.47 bits per heavy atom. The minimum atomic E-state index is -0.0899. The van der Waals surface area contributed by atoms with E-state index < -0.39 is 0 Å². The summed E-state index contributed by atoms with van der Waals surface area (Å²) in [5.74, 6) is 2.75. The molecule has 0 saturated carbocycles. The number of aromatic nitrogens is 5. The van der Waals surface area contributed by atoms with E-state index in [4.69, 9.17) is 14.2 Å². The molecule has 0 atom stereocenters. The topological polar surface area (TPSA) is 92.8 Å². The van der Waals surface area contributed by atoms with Crippen molar-refractivity contribution < 1.29 is 14.2 Å². The number of hydrogen-bond acceptors (Lipinski definition) is 9. The number of thioether (sulfide) groups is 1. The SMILES string of the molecule is COc1cc(-c2nnc(SCc3cc(=O)n4ccsc4n3)n2C)cc(OC)c1OC. The molecule has 3 heterocycles. The molecule has 0 fully saturated rings. The van der Waals surface area contributed by atoms with E-state index in [1.54, 1.807) is 33.6 Å². The second-order valence-corrected chi connectivity index (χ2v) is 8.02. The highest BCUT2D eigenvalue weighted by Crippen LogP contribution is 2.41. The number of methoxy groups -OCH3 is 3. The van der Waals surface area contributed by atoms with Gasteiger partial charge in [-0.15, -0.1) is 21.5 Å². The molecule has 11 heteroatoms. The zero-order valence-electron chi connectivity index (χ0n) is 16.8. The number of fused-ring (bicyclic) bond motifs is 1. The molecule has 0 aliphatic carbocycles. The van der Waals surface area contributed by atoms with Crippen LogP contribution in [0.4, 0.5) is 0 Å². The van der Waals surface area contributed by atoms with Crippen LogP contribution < -0.4 is 19.8 Å². The van der Waals surface area contributed by atoms with E-state index in [1.165, 1.54) is 27.5 Å². The third-order valence-corrected chi connectivity index (χ3v) is 6.27. The van der Waals surface area contributed by atoms with Crippen LogP contribution in [0.3, 0.4) is 0 Å². The summed E-state index contributed by atoms with van der Waals surface area (Å²) in [4.78, 5) is 17.4. The van der Waals surface area contributed by atoms with Gasteiger partial charge in [-0.25, -0.2) is 4.98 Å². The van der Waals surface area contributed by atoms with Crippen molar-refractivity contribution in [3.63, 3.8) is 0 Å². The van der Waals surface area contributed by atoms with Gasteiger partial charge in [-0.3, -0.25) is 9.20 Å². The van der Waals surface area contributed by atoms with Gasteiger partial charge in [0.25, 0.3) is 5.56 Å². The molecule has 9 nitrogen and oxygen atoms in total. The average molecular weight is 446 g/mol. The van der Waals surface area contributed by atoms with Gasteiger partial charge in [-0.1, -0.05) is 11.8 Å². The summed E-state index contributed by atoms with van der Waals surface area (Å²) in [7, 11) is 6.58. The minimum Gasteiger partial charge on any atom is -0.493 e. The molecule has 0 amide bonds. The largest absolute Gasteiger partial charge is 0.493 e. The Bertz CT molecular complexity index is 1240. The maximum atomic E-state index is 12.2. The van der Waals surface area contributed by atoms with E-state index >= 15 is 0 Å². The molecule has 0 N–H and O–H groups in total. The number of hydrogen-bond donors (Lipinski definition) is 0. The van der Waals surface area contributed by atoms with E-state index in [0.29, 0.717) is 44.6 Å². The molecule has 4 aromatic rings. The smallest absolute Gasteiger partial charge is 0.258 e.